The molecule has 10 heteroatoms. The Kier molecular flexibility index (Phi) is 5.83. The fourth-order valence-corrected chi connectivity index (χ4v) is 5.56. The number of benzene rings is 2. The lowest BCUT2D eigenvalue weighted by molar-refractivity contribution is -0.137. The summed E-state index contributed by atoms with van der Waals surface area (Å²) < 4.78 is 72.7. The Bertz CT molecular complexity index is 1520. The zero-order chi connectivity index (χ0) is 25.8. The third-order valence-electron chi connectivity index (χ3n) is 5.69. The smallest absolute Gasteiger partial charge is 0.416 e. The highest BCUT2D eigenvalue weighted by atomic mass is 32.2. The van der Waals surface area contributed by atoms with Crippen molar-refractivity contribution in [2.45, 2.75) is 42.5 Å². The second kappa shape index (κ2) is 8.30. The number of aromatic amines is 1. The number of rotatable bonds is 5. The number of carbonyl (C=O) groups is 1. The van der Waals surface area contributed by atoms with Crippen LogP contribution in [0.1, 0.15) is 59.2 Å². The summed E-state index contributed by atoms with van der Waals surface area (Å²) in [4.78, 5) is 14.2. The molecule has 0 spiro atoms. The number of aromatic nitrogens is 1. The first kappa shape index (κ1) is 24.6. The molecule has 0 bridgehead atoms. The first-order valence-corrected chi connectivity index (χ1v) is 12.1. The van der Waals surface area contributed by atoms with Crippen LogP contribution in [-0.2, 0) is 21.4 Å². The van der Waals surface area contributed by atoms with Crippen molar-refractivity contribution in [3.05, 3.63) is 89.0 Å². The molecule has 2 aromatic carbocycles. The van der Waals surface area contributed by atoms with Gasteiger partial charge in [-0.2, -0.15) is 13.2 Å². The lowest BCUT2D eigenvalue weighted by atomic mass is 9.87. The summed E-state index contributed by atoms with van der Waals surface area (Å²) in [6.07, 6.45) is -4.57. The lowest BCUT2D eigenvalue weighted by Crippen LogP contribution is -2.17. The van der Waals surface area contributed by atoms with Crippen molar-refractivity contribution < 1.29 is 35.9 Å². The summed E-state index contributed by atoms with van der Waals surface area (Å²) in [6.45, 7) is 5.79. The Morgan fingerprint density at radius 1 is 0.971 bits per heavy atom. The molecule has 2 N–H and O–H groups in total. The number of H-pyrrole nitrogens is 1. The van der Waals surface area contributed by atoms with Crippen LogP contribution < -0.4 is 0 Å². The average Bonchev–Trinajstić information content (AvgIpc) is 3.39. The minimum atomic E-state index is -4.57. The normalized spacial score (nSPS) is 13.8. The third-order valence-corrected chi connectivity index (χ3v) is 7.70. The van der Waals surface area contributed by atoms with Gasteiger partial charge in [0.25, 0.3) is 0 Å². The van der Waals surface area contributed by atoms with Gasteiger partial charge in [-0.25, -0.2) is 13.2 Å². The number of fused-ring (bicyclic) bond motifs is 1. The maximum absolute atomic E-state index is 13.9. The van der Waals surface area contributed by atoms with Crippen LogP contribution in [0.25, 0.3) is 10.9 Å². The zero-order valence-electron chi connectivity index (χ0n) is 19.0. The molecule has 0 aliphatic rings. The maximum Gasteiger partial charge on any atom is 0.416 e. The molecule has 4 rings (SSSR count). The predicted molar refractivity (Wildman–Crippen MR) is 123 cm³/mol. The number of carboxylic acids is 1. The SMILES string of the molecule is CC(C)(C)c1cccc(S(=O)(=O)C(c2cc3cc(C(F)(F)F)ccc3[nH]2)c2ccc(C(=O)O)o2)c1. The van der Waals surface area contributed by atoms with E-state index in [1.165, 1.54) is 30.3 Å². The highest BCUT2D eigenvalue weighted by Crippen LogP contribution is 2.39. The highest BCUT2D eigenvalue weighted by Gasteiger charge is 2.36. The zero-order valence-corrected chi connectivity index (χ0v) is 19.8. The standard InChI is InChI=1S/C25H22F3NO5S/c1-24(2,3)15-5-4-6-17(13-15)35(32,33)22(20-9-10-21(34-20)23(30)31)19-12-14-11-16(25(26,27)28)7-8-18(14)29-19/h4-13,22,29H,1-3H3,(H,30,31). The van der Waals surface area contributed by atoms with Crippen LogP contribution in [0.3, 0.4) is 0 Å². The second-order valence-electron chi connectivity index (χ2n) is 9.23. The molecule has 4 aromatic rings. The van der Waals surface area contributed by atoms with Gasteiger partial charge in [0, 0.05) is 16.6 Å². The number of aromatic carboxylic acids is 1. The molecule has 1 unspecified atom stereocenters. The maximum atomic E-state index is 13.9. The van der Waals surface area contributed by atoms with Gasteiger partial charge < -0.3 is 14.5 Å². The van der Waals surface area contributed by atoms with Gasteiger partial charge in [-0.15, -0.1) is 0 Å². The molecule has 0 saturated heterocycles. The molecular weight excluding hydrogens is 483 g/mol. The lowest BCUT2D eigenvalue weighted by Gasteiger charge is -2.21. The molecule has 2 heterocycles. The molecule has 2 aromatic heterocycles. The van der Waals surface area contributed by atoms with Crippen molar-refractivity contribution in [2.24, 2.45) is 0 Å². The number of hydrogen-bond acceptors (Lipinski definition) is 4. The number of hydrogen-bond donors (Lipinski definition) is 2. The summed E-state index contributed by atoms with van der Waals surface area (Å²) in [5.41, 5.74) is -0.126. The topological polar surface area (TPSA) is 100 Å². The van der Waals surface area contributed by atoms with Gasteiger partial charge in [-0.3, -0.25) is 0 Å². The van der Waals surface area contributed by atoms with Crippen LogP contribution >= 0.6 is 0 Å². The van der Waals surface area contributed by atoms with E-state index in [2.05, 4.69) is 4.98 Å². The quantitative estimate of drug-likeness (QED) is 0.330. The predicted octanol–water partition coefficient (Wildman–Crippen LogP) is 6.34. The number of carboxylic acid groups (broad SMARTS) is 1. The van der Waals surface area contributed by atoms with E-state index in [1.54, 1.807) is 12.1 Å². The Morgan fingerprint density at radius 3 is 2.29 bits per heavy atom. The van der Waals surface area contributed by atoms with Gasteiger partial charge in [0.2, 0.25) is 5.76 Å². The number of sulfone groups is 1. The molecule has 1 atom stereocenters. The van der Waals surface area contributed by atoms with E-state index in [0.717, 1.165) is 23.8 Å². The van der Waals surface area contributed by atoms with Crippen molar-refractivity contribution >= 4 is 26.7 Å². The first-order valence-electron chi connectivity index (χ1n) is 10.6. The van der Waals surface area contributed by atoms with Crippen LogP contribution in [0.15, 0.2) is 70.0 Å². The second-order valence-corrected chi connectivity index (χ2v) is 11.3. The van der Waals surface area contributed by atoms with E-state index in [0.29, 0.717) is 5.52 Å². The van der Waals surface area contributed by atoms with Crippen molar-refractivity contribution in [1.82, 2.24) is 4.98 Å². The largest absolute Gasteiger partial charge is 0.475 e. The Hall–Kier alpha value is -3.53. The van der Waals surface area contributed by atoms with Crippen LogP contribution in [0, 0.1) is 0 Å². The van der Waals surface area contributed by atoms with Gasteiger partial charge in [-0.05, 0) is 59.5 Å². The van der Waals surface area contributed by atoms with E-state index in [-0.39, 0.29) is 27.2 Å². The van der Waals surface area contributed by atoms with E-state index in [4.69, 9.17) is 4.42 Å². The number of halogens is 3. The molecule has 0 saturated carbocycles. The number of nitrogens with one attached hydrogen (secondary N) is 1. The first-order chi connectivity index (χ1) is 16.2. The molecular formula is C25H22F3NO5S. The molecule has 6 nitrogen and oxygen atoms in total. The van der Waals surface area contributed by atoms with Crippen LogP contribution in [0.4, 0.5) is 13.2 Å². The summed E-state index contributed by atoms with van der Waals surface area (Å²) >= 11 is 0. The van der Waals surface area contributed by atoms with Crippen molar-refractivity contribution in [3.8, 4) is 0 Å². The summed E-state index contributed by atoms with van der Waals surface area (Å²) in [7, 11) is -4.23. The van der Waals surface area contributed by atoms with Gasteiger partial charge >= 0.3 is 12.1 Å². The average molecular weight is 506 g/mol. The summed E-state index contributed by atoms with van der Waals surface area (Å²) in [5.74, 6) is -2.01. The summed E-state index contributed by atoms with van der Waals surface area (Å²) in [6, 6.07) is 13.1. The molecule has 0 fully saturated rings. The van der Waals surface area contributed by atoms with E-state index < -0.39 is 38.6 Å². The monoisotopic (exact) mass is 505 g/mol. The van der Waals surface area contributed by atoms with E-state index >= 15 is 0 Å². The van der Waals surface area contributed by atoms with E-state index in [1.807, 2.05) is 20.8 Å². The Labute approximate surface area is 199 Å². The van der Waals surface area contributed by atoms with Gasteiger partial charge in [0.1, 0.15) is 5.76 Å². The van der Waals surface area contributed by atoms with Gasteiger partial charge in [-0.1, -0.05) is 32.9 Å². The van der Waals surface area contributed by atoms with Crippen LogP contribution in [0.2, 0.25) is 0 Å². The fraction of sp³-hybridized carbons (Fsp3) is 0.240. The minimum absolute atomic E-state index is 0.0298. The minimum Gasteiger partial charge on any atom is -0.475 e. The third kappa shape index (κ3) is 4.70. The van der Waals surface area contributed by atoms with Crippen molar-refractivity contribution in [2.75, 3.05) is 0 Å². The molecule has 0 radical (unpaired) electrons. The van der Waals surface area contributed by atoms with Crippen molar-refractivity contribution in [1.29, 1.82) is 0 Å². The summed E-state index contributed by atoms with van der Waals surface area (Å²) in [5, 5.41) is 7.90. The van der Waals surface area contributed by atoms with E-state index in [9.17, 15) is 31.5 Å². The van der Waals surface area contributed by atoms with Crippen LogP contribution in [0.5, 0.6) is 0 Å². The highest BCUT2D eigenvalue weighted by molar-refractivity contribution is 7.91. The fourth-order valence-electron chi connectivity index (χ4n) is 3.83. The molecule has 35 heavy (non-hydrogen) atoms. The Balaban J connectivity index is 1.92. The molecule has 0 amide bonds. The molecule has 184 valence electrons. The van der Waals surface area contributed by atoms with Crippen molar-refractivity contribution in [3.63, 3.8) is 0 Å². The van der Waals surface area contributed by atoms with Crippen LogP contribution in [-0.4, -0.2) is 24.5 Å². The molecule has 0 aliphatic carbocycles. The van der Waals surface area contributed by atoms with Gasteiger partial charge in [0.05, 0.1) is 10.5 Å². The Morgan fingerprint density at radius 2 is 1.69 bits per heavy atom. The molecule has 0 aliphatic heterocycles. The number of furan rings is 1. The van der Waals surface area contributed by atoms with Gasteiger partial charge in [0.15, 0.2) is 15.1 Å². The number of alkyl halides is 3.